The minimum atomic E-state index is -1.50. The van der Waals surface area contributed by atoms with E-state index in [1.54, 1.807) is 60.7 Å². The molecule has 0 aromatic heterocycles. The lowest BCUT2D eigenvalue weighted by Gasteiger charge is -2.31. The lowest BCUT2D eigenvalue weighted by atomic mass is 9.98. The van der Waals surface area contributed by atoms with Gasteiger partial charge in [0, 0.05) is 45.8 Å². The molecule has 10 amide bonds. The molecule has 1 fully saturated rings. The van der Waals surface area contributed by atoms with Crippen molar-refractivity contribution in [2.24, 2.45) is 50.3 Å². The summed E-state index contributed by atoms with van der Waals surface area (Å²) >= 11 is 0. The van der Waals surface area contributed by atoms with Gasteiger partial charge in [0.1, 0.15) is 48.3 Å². The average molecular weight is 1190 g/mol. The highest BCUT2D eigenvalue weighted by Crippen LogP contribution is 2.22. The second kappa shape index (κ2) is 33.6. The number of aliphatic imine (C=N–C) groups is 2. The lowest BCUT2D eigenvalue weighted by Crippen LogP contribution is -2.60. The molecule has 0 unspecified atom stereocenters. The van der Waals surface area contributed by atoms with E-state index >= 15 is 0 Å². The number of fused-ring (bicyclic) bond motifs is 1. The number of nitrogens with two attached hydrogens (primary N) is 6. The molecule has 4 aromatic carbocycles. The second-order valence-electron chi connectivity index (χ2n) is 21.7. The molecule has 86 heavy (non-hydrogen) atoms. The molecule has 462 valence electrons. The first-order chi connectivity index (χ1) is 41.0. The van der Waals surface area contributed by atoms with E-state index < -0.39 is 114 Å². The number of rotatable bonds is 33. The Balaban J connectivity index is 1.41. The Morgan fingerprint density at radius 3 is 1.48 bits per heavy atom. The predicted octanol–water partition coefficient (Wildman–Crippen LogP) is -1.21. The van der Waals surface area contributed by atoms with E-state index in [0.717, 1.165) is 16.3 Å². The quantitative estimate of drug-likeness (QED) is 0.0151. The number of amides is 10. The van der Waals surface area contributed by atoms with Crippen LogP contribution in [0.3, 0.4) is 0 Å². The SMILES string of the molecule is CC(=O)N[C@@H](Cc1ccc2ccccc2c1)C(=O)N[C@@H](Cc1ccccc1)C(=O)N[C@@H](CC(C)C)C(=O)N[C@@H](Cc1ccccc1)C(=O)N[C@@H](CCCN=C(N)N)C(=O)N1CCC[C@H]1C(=O)N[C@@H](CCCN=C(N)N)C(=O)N[C@@H](CC(N)=O)C(N)=O. The fourth-order valence-electron chi connectivity index (χ4n) is 9.97. The zero-order valence-electron chi connectivity index (χ0n) is 48.8. The van der Waals surface area contributed by atoms with Crippen LogP contribution in [0.4, 0.5) is 0 Å². The molecule has 8 atom stereocenters. The van der Waals surface area contributed by atoms with E-state index in [1.165, 1.54) is 11.8 Å². The first kappa shape index (κ1) is 67.2. The number of guanidine groups is 2. The van der Waals surface area contributed by atoms with Gasteiger partial charge >= 0.3 is 0 Å². The van der Waals surface area contributed by atoms with E-state index in [2.05, 4.69) is 47.2 Å². The van der Waals surface area contributed by atoms with Crippen molar-refractivity contribution in [1.82, 2.24) is 42.1 Å². The molecule has 26 heteroatoms. The summed E-state index contributed by atoms with van der Waals surface area (Å²) in [4.78, 5) is 147. The number of hydrogen-bond donors (Lipinski definition) is 13. The maximum Gasteiger partial charge on any atom is 0.245 e. The van der Waals surface area contributed by atoms with Crippen molar-refractivity contribution in [1.29, 1.82) is 0 Å². The standard InChI is InChI=1S/C60H82N16O10/c1-35(2)29-45(73-56(84)48(32-38-17-8-5-9-18-38)75-54(82)46(69-36(3)77)33-39-24-25-40-19-10-11-20-41(40)30-39)53(81)74-47(31-37-15-6-4-7-16-37)55(83)71-43(22-13-27-68-60(65)66)58(86)76-28-14-23-49(76)57(85)70-42(21-12-26-67-59(63)64)52(80)72-44(51(62)79)34-50(61)78/h4-11,15-20,24-25,30,35,42-49H,12-14,21-23,26-29,31-34H2,1-3H3,(H2,61,78)(H2,62,79)(H,69,77)(H,70,85)(H,71,83)(H,72,80)(H,73,84)(H,74,81)(H,75,82)(H4,63,64,67)(H4,65,66,68)/t42-,43-,44-,45-,46-,47-,48-,49-/m0/s1. The van der Waals surface area contributed by atoms with Crippen LogP contribution in [0, 0.1) is 5.92 Å². The maximum absolute atomic E-state index is 14.9. The summed E-state index contributed by atoms with van der Waals surface area (Å²) in [6.45, 7) is 5.15. The van der Waals surface area contributed by atoms with Crippen molar-refractivity contribution in [3.8, 4) is 0 Å². The third kappa shape index (κ3) is 22.2. The molecule has 19 N–H and O–H groups in total. The number of nitrogens with zero attached hydrogens (tertiary/aromatic N) is 3. The summed E-state index contributed by atoms with van der Waals surface area (Å²) < 4.78 is 0. The monoisotopic (exact) mass is 1190 g/mol. The Bertz CT molecular complexity index is 3060. The third-order valence-corrected chi connectivity index (χ3v) is 14.2. The number of likely N-dealkylation sites (tertiary alicyclic amines) is 1. The van der Waals surface area contributed by atoms with Gasteiger partial charge in [0.15, 0.2) is 11.9 Å². The fraction of sp³-hybridized carbons (Fsp3) is 0.433. The van der Waals surface area contributed by atoms with Crippen LogP contribution in [0.1, 0.15) is 88.8 Å². The molecule has 0 aliphatic carbocycles. The number of nitrogens with one attached hydrogen (secondary N) is 7. The second-order valence-corrected chi connectivity index (χ2v) is 21.7. The minimum Gasteiger partial charge on any atom is -0.370 e. The molecule has 0 bridgehead atoms. The molecule has 26 nitrogen and oxygen atoms in total. The highest BCUT2D eigenvalue weighted by molar-refractivity contribution is 5.99. The highest BCUT2D eigenvalue weighted by Gasteiger charge is 2.40. The summed E-state index contributed by atoms with van der Waals surface area (Å²) in [6, 6.07) is 20.8. The van der Waals surface area contributed by atoms with Gasteiger partial charge in [0.2, 0.25) is 59.1 Å². The Labute approximate surface area is 499 Å². The molecule has 5 rings (SSSR count). The summed E-state index contributed by atoms with van der Waals surface area (Å²) in [5.74, 6) is -8.26. The normalized spacial score (nSPS) is 15.2. The lowest BCUT2D eigenvalue weighted by molar-refractivity contribution is -0.142. The van der Waals surface area contributed by atoms with Gasteiger partial charge in [0.05, 0.1) is 6.42 Å². The van der Waals surface area contributed by atoms with Crippen molar-refractivity contribution in [2.75, 3.05) is 19.6 Å². The molecule has 4 aromatic rings. The Morgan fingerprint density at radius 1 is 0.512 bits per heavy atom. The van der Waals surface area contributed by atoms with Crippen LogP contribution in [0.5, 0.6) is 0 Å². The van der Waals surface area contributed by atoms with Crippen LogP contribution in [0.25, 0.3) is 10.8 Å². The average Bonchev–Trinajstić information content (AvgIpc) is 2.89. The Morgan fingerprint density at radius 2 is 0.965 bits per heavy atom. The molecule has 1 aliphatic rings. The molecule has 0 saturated carbocycles. The topological polar surface area (TPSA) is 439 Å². The van der Waals surface area contributed by atoms with Gasteiger partial charge in [-0.15, -0.1) is 0 Å². The fourth-order valence-corrected chi connectivity index (χ4v) is 9.97. The van der Waals surface area contributed by atoms with Crippen LogP contribution in [0.2, 0.25) is 0 Å². The van der Waals surface area contributed by atoms with Crippen LogP contribution in [-0.2, 0) is 67.2 Å². The van der Waals surface area contributed by atoms with Gasteiger partial charge in [0.25, 0.3) is 0 Å². The van der Waals surface area contributed by atoms with Gasteiger partial charge in [-0.05, 0) is 78.3 Å². The molecule has 1 aliphatic heterocycles. The minimum absolute atomic E-state index is 0.000762. The highest BCUT2D eigenvalue weighted by atomic mass is 16.2. The van der Waals surface area contributed by atoms with Gasteiger partial charge < -0.3 is 76.5 Å². The van der Waals surface area contributed by atoms with E-state index in [1.807, 2.05) is 56.3 Å². The zero-order chi connectivity index (χ0) is 62.9. The van der Waals surface area contributed by atoms with E-state index in [9.17, 15) is 47.9 Å². The Hall–Kier alpha value is -9.62. The maximum atomic E-state index is 14.9. The molecule has 1 saturated heterocycles. The van der Waals surface area contributed by atoms with E-state index in [4.69, 9.17) is 34.4 Å². The summed E-state index contributed by atoms with van der Waals surface area (Å²) in [7, 11) is 0. The number of benzene rings is 4. The first-order valence-corrected chi connectivity index (χ1v) is 28.6. The van der Waals surface area contributed by atoms with E-state index in [0.29, 0.717) is 17.5 Å². The van der Waals surface area contributed by atoms with Crippen LogP contribution < -0.4 is 71.6 Å². The molecule has 1 heterocycles. The van der Waals surface area contributed by atoms with Crippen LogP contribution in [0.15, 0.2) is 113 Å². The van der Waals surface area contributed by atoms with Gasteiger partial charge in [-0.25, -0.2) is 0 Å². The Kier molecular flexibility index (Phi) is 26.3. The third-order valence-electron chi connectivity index (χ3n) is 14.2. The van der Waals surface area contributed by atoms with Crippen molar-refractivity contribution in [3.05, 3.63) is 120 Å². The van der Waals surface area contributed by atoms with Crippen molar-refractivity contribution < 1.29 is 47.9 Å². The molecular formula is C60H82N16O10. The number of carbonyl (C=O) groups is 10. The summed E-state index contributed by atoms with van der Waals surface area (Å²) in [5, 5.41) is 21.0. The predicted molar refractivity (Wildman–Crippen MR) is 324 cm³/mol. The van der Waals surface area contributed by atoms with Crippen molar-refractivity contribution in [3.63, 3.8) is 0 Å². The number of hydrogen-bond acceptors (Lipinski definition) is 12. The van der Waals surface area contributed by atoms with Crippen LogP contribution >= 0.6 is 0 Å². The van der Waals surface area contributed by atoms with E-state index in [-0.39, 0.29) is 95.3 Å². The molecule has 0 radical (unpaired) electrons. The first-order valence-electron chi connectivity index (χ1n) is 28.6. The van der Waals surface area contributed by atoms with Gasteiger partial charge in [-0.2, -0.15) is 0 Å². The summed E-state index contributed by atoms with van der Waals surface area (Å²) in [5.41, 5.74) is 35.0. The smallest absolute Gasteiger partial charge is 0.245 e. The summed E-state index contributed by atoms with van der Waals surface area (Å²) in [6.07, 6.45) is 0.199. The van der Waals surface area contributed by atoms with Crippen molar-refractivity contribution >= 4 is 81.8 Å². The molecular weight excluding hydrogens is 1100 g/mol. The van der Waals surface area contributed by atoms with Gasteiger partial charge in [-0.3, -0.25) is 57.9 Å². The molecule has 0 spiro atoms. The van der Waals surface area contributed by atoms with Crippen LogP contribution in [-0.4, -0.2) is 144 Å². The number of primary amides is 2. The largest absolute Gasteiger partial charge is 0.370 e. The number of carbonyl (C=O) groups excluding carboxylic acids is 10. The van der Waals surface area contributed by atoms with Gasteiger partial charge in [-0.1, -0.05) is 117 Å². The van der Waals surface area contributed by atoms with Crippen molar-refractivity contribution in [2.45, 2.75) is 140 Å². The zero-order valence-corrected chi connectivity index (χ0v) is 48.8.